The minimum absolute atomic E-state index is 0.0606. The number of rotatable bonds is 5. The Hall–Kier alpha value is -2.40. The van der Waals surface area contributed by atoms with Gasteiger partial charge in [0.05, 0.1) is 6.42 Å². The number of carbonyl (C=O) groups is 2. The first-order valence-corrected chi connectivity index (χ1v) is 7.48. The third-order valence-corrected chi connectivity index (χ3v) is 3.57. The summed E-state index contributed by atoms with van der Waals surface area (Å²) in [6.45, 7) is 0. The summed E-state index contributed by atoms with van der Waals surface area (Å²) < 4.78 is 12.8. The fourth-order valence-corrected chi connectivity index (χ4v) is 2.21. The van der Waals surface area contributed by atoms with Gasteiger partial charge in [0.25, 0.3) is 0 Å². The van der Waals surface area contributed by atoms with Crippen molar-refractivity contribution in [1.82, 2.24) is 10.9 Å². The molecule has 0 spiro atoms. The maximum absolute atomic E-state index is 12.8. The zero-order valence-corrected chi connectivity index (χ0v) is 13.1. The molecule has 0 aliphatic rings. The fourth-order valence-electron chi connectivity index (χ4n) is 1.98. The van der Waals surface area contributed by atoms with Crippen molar-refractivity contribution in [3.8, 4) is 0 Å². The second kappa shape index (κ2) is 8.29. The van der Waals surface area contributed by atoms with Gasteiger partial charge in [0, 0.05) is 11.4 Å². The van der Waals surface area contributed by atoms with E-state index in [4.69, 9.17) is 11.6 Å². The van der Waals surface area contributed by atoms with Crippen LogP contribution in [0.1, 0.15) is 17.5 Å². The van der Waals surface area contributed by atoms with E-state index in [0.717, 1.165) is 5.56 Å². The van der Waals surface area contributed by atoms with Gasteiger partial charge in [0.1, 0.15) is 5.82 Å². The van der Waals surface area contributed by atoms with E-state index in [9.17, 15) is 14.0 Å². The van der Waals surface area contributed by atoms with Gasteiger partial charge in [-0.05, 0) is 35.7 Å². The molecule has 0 saturated heterocycles. The number of aryl methyl sites for hydroxylation is 1. The summed E-state index contributed by atoms with van der Waals surface area (Å²) in [6.07, 6.45) is 0.755. The summed E-state index contributed by atoms with van der Waals surface area (Å²) in [5.41, 5.74) is 6.22. The van der Waals surface area contributed by atoms with E-state index >= 15 is 0 Å². The van der Waals surface area contributed by atoms with E-state index in [1.807, 2.05) is 18.2 Å². The predicted molar refractivity (Wildman–Crippen MR) is 86.2 cm³/mol. The van der Waals surface area contributed by atoms with Gasteiger partial charge >= 0.3 is 0 Å². The minimum atomic E-state index is -0.372. The van der Waals surface area contributed by atoms with E-state index in [0.29, 0.717) is 17.0 Å². The molecule has 0 bridgehead atoms. The van der Waals surface area contributed by atoms with Crippen molar-refractivity contribution in [2.45, 2.75) is 19.3 Å². The summed E-state index contributed by atoms with van der Waals surface area (Å²) in [5, 5.41) is 0.612. The molecule has 0 aromatic heterocycles. The summed E-state index contributed by atoms with van der Waals surface area (Å²) >= 11 is 6.01. The number of hydrazine groups is 1. The Morgan fingerprint density at radius 2 is 1.61 bits per heavy atom. The second-order valence-corrected chi connectivity index (χ2v) is 5.40. The van der Waals surface area contributed by atoms with Crippen LogP contribution in [0.3, 0.4) is 0 Å². The first-order chi connectivity index (χ1) is 11.0. The molecule has 0 fully saturated rings. The zero-order valence-electron chi connectivity index (χ0n) is 12.3. The maximum atomic E-state index is 12.8. The molecule has 4 nitrogen and oxygen atoms in total. The lowest BCUT2D eigenvalue weighted by molar-refractivity contribution is -0.128. The number of halogens is 2. The highest BCUT2D eigenvalue weighted by atomic mass is 35.5. The van der Waals surface area contributed by atoms with Crippen molar-refractivity contribution < 1.29 is 14.0 Å². The number of nitrogens with one attached hydrogen (secondary N) is 2. The monoisotopic (exact) mass is 334 g/mol. The second-order valence-electron chi connectivity index (χ2n) is 4.99. The van der Waals surface area contributed by atoms with Crippen LogP contribution in [-0.4, -0.2) is 11.8 Å². The summed E-state index contributed by atoms with van der Waals surface area (Å²) in [6, 6.07) is 12.9. The topological polar surface area (TPSA) is 58.2 Å². The molecule has 0 atom stereocenters. The average Bonchev–Trinajstić information content (AvgIpc) is 2.54. The lowest BCUT2D eigenvalue weighted by Gasteiger charge is -2.08. The molecule has 0 heterocycles. The Labute approximate surface area is 138 Å². The van der Waals surface area contributed by atoms with Gasteiger partial charge in [0.15, 0.2) is 0 Å². The van der Waals surface area contributed by atoms with Crippen LogP contribution in [0, 0.1) is 5.82 Å². The van der Waals surface area contributed by atoms with Gasteiger partial charge in [-0.15, -0.1) is 0 Å². The summed E-state index contributed by atoms with van der Waals surface area (Å²) in [5.74, 6) is -1.04. The van der Waals surface area contributed by atoms with Crippen LogP contribution >= 0.6 is 11.6 Å². The Bertz CT molecular complexity index is 689. The lowest BCUT2D eigenvalue weighted by atomic mass is 10.1. The SMILES string of the molecule is O=C(CCc1ccccc1Cl)NNC(=O)Cc1ccc(F)cc1. The van der Waals surface area contributed by atoms with Crippen molar-refractivity contribution in [1.29, 1.82) is 0 Å². The fraction of sp³-hybridized carbons (Fsp3) is 0.176. The van der Waals surface area contributed by atoms with E-state index in [1.54, 1.807) is 6.07 Å². The number of amides is 2. The Balaban J connectivity index is 1.72. The van der Waals surface area contributed by atoms with Crippen LogP contribution in [0.5, 0.6) is 0 Å². The molecule has 0 aliphatic carbocycles. The maximum Gasteiger partial charge on any atom is 0.242 e. The molecule has 0 saturated carbocycles. The first kappa shape index (κ1) is 17.0. The lowest BCUT2D eigenvalue weighted by Crippen LogP contribution is -2.42. The van der Waals surface area contributed by atoms with Gasteiger partial charge < -0.3 is 0 Å². The van der Waals surface area contributed by atoms with Crippen molar-refractivity contribution in [3.05, 3.63) is 70.5 Å². The largest absolute Gasteiger partial charge is 0.273 e. The molecule has 0 unspecified atom stereocenters. The van der Waals surface area contributed by atoms with Crippen LogP contribution < -0.4 is 10.9 Å². The molecular formula is C17H16ClFN2O2. The first-order valence-electron chi connectivity index (χ1n) is 7.10. The number of hydrogen-bond donors (Lipinski definition) is 2. The van der Waals surface area contributed by atoms with Gasteiger partial charge in [-0.2, -0.15) is 0 Å². The van der Waals surface area contributed by atoms with E-state index in [2.05, 4.69) is 10.9 Å². The smallest absolute Gasteiger partial charge is 0.242 e. The Kier molecular flexibility index (Phi) is 6.11. The molecule has 2 rings (SSSR count). The van der Waals surface area contributed by atoms with Gasteiger partial charge in [-0.3, -0.25) is 20.4 Å². The molecule has 2 aromatic rings. The van der Waals surface area contributed by atoms with Crippen LogP contribution in [0.25, 0.3) is 0 Å². The molecule has 6 heteroatoms. The predicted octanol–water partition coefficient (Wildman–Crippen LogP) is 2.80. The summed E-state index contributed by atoms with van der Waals surface area (Å²) in [4.78, 5) is 23.4. The van der Waals surface area contributed by atoms with Crippen LogP contribution in [0.15, 0.2) is 48.5 Å². The molecule has 0 radical (unpaired) electrons. The van der Waals surface area contributed by atoms with E-state index in [1.165, 1.54) is 24.3 Å². The molecular weight excluding hydrogens is 319 g/mol. The van der Waals surface area contributed by atoms with Crippen molar-refractivity contribution in [3.63, 3.8) is 0 Å². The van der Waals surface area contributed by atoms with E-state index in [-0.39, 0.29) is 30.5 Å². The van der Waals surface area contributed by atoms with Crippen molar-refractivity contribution >= 4 is 23.4 Å². The Morgan fingerprint density at radius 1 is 0.957 bits per heavy atom. The number of carbonyl (C=O) groups excluding carboxylic acids is 2. The number of hydrogen-bond acceptors (Lipinski definition) is 2. The van der Waals surface area contributed by atoms with Crippen molar-refractivity contribution in [2.75, 3.05) is 0 Å². The minimum Gasteiger partial charge on any atom is -0.273 e. The van der Waals surface area contributed by atoms with Crippen LogP contribution in [0.4, 0.5) is 4.39 Å². The average molecular weight is 335 g/mol. The molecule has 120 valence electrons. The molecule has 2 aromatic carbocycles. The highest BCUT2D eigenvalue weighted by molar-refractivity contribution is 6.31. The molecule has 23 heavy (non-hydrogen) atoms. The molecule has 0 aliphatic heterocycles. The van der Waals surface area contributed by atoms with E-state index < -0.39 is 0 Å². The van der Waals surface area contributed by atoms with Gasteiger partial charge in [-0.1, -0.05) is 41.9 Å². The van der Waals surface area contributed by atoms with Crippen LogP contribution in [-0.2, 0) is 22.4 Å². The third kappa shape index (κ3) is 5.71. The normalized spacial score (nSPS) is 10.2. The standard InChI is InChI=1S/C17H16ClFN2O2/c18-15-4-2-1-3-13(15)7-10-16(22)20-21-17(23)11-12-5-8-14(19)9-6-12/h1-6,8-9H,7,10-11H2,(H,20,22)(H,21,23). The highest BCUT2D eigenvalue weighted by Gasteiger charge is 2.07. The van der Waals surface area contributed by atoms with Crippen LogP contribution in [0.2, 0.25) is 5.02 Å². The highest BCUT2D eigenvalue weighted by Crippen LogP contribution is 2.16. The quantitative estimate of drug-likeness (QED) is 0.826. The molecule has 2 amide bonds. The van der Waals surface area contributed by atoms with Gasteiger partial charge in [0.2, 0.25) is 11.8 Å². The number of benzene rings is 2. The summed E-state index contributed by atoms with van der Waals surface area (Å²) in [7, 11) is 0. The zero-order chi connectivity index (χ0) is 16.7. The third-order valence-electron chi connectivity index (χ3n) is 3.20. The van der Waals surface area contributed by atoms with Gasteiger partial charge in [-0.25, -0.2) is 4.39 Å². The molecule has 2 N–H and O–H groups in total. The van der Waals surface area contributed by atoms with Crippen molar-refractivity contribution in [2.24, 2.45) is 0 Å². The Morgan fingerprint density at radius 3 is 2.30 bits per heavy atom.